The number of imidazole rings is 1. The van der Waals surface area contributed by atoms with Crippen LogP contribution in [-0.2, 0) is 17.8 Å². The van der Waals surface area contributed by atoms with Gasteiger partial charge in [0.2, 0.25) is 0 Å². The molecule has 3 heterocycles. The maximum Gasteiger partial charge on any atom is 0.160 e. The lowest BCUT2D eigenvalue weighted by atomic mass is 9.91. The SMILES string of the molecule is Cc1ccc2nc(CCl)n(CC(C)(C)c3cccs3)c2n1. The van der Waals surface area contributed by atoms with Crippen molar-refractivity contribution in [2.45, 2.75) is 38.6 Å². The highest BCUT2D eigenvalue weighted by atomic mass is 35.5. The molecule has 110 valence electrons. The Hall–Kier alpha value is -1.39. The van der Waals surface area contributed by atoms with Gasteiger partial charge in [0.1, 0.15) is 11.3 Å². The van der Waals surface area contributed by atoms with Crippen molar-refractivity contribution in [1.29, 1.82) is 0 Å². The van der Waals surface area contributed by atoms with Gasteiger partial charge in [0, 0.05) is 22.5 Å². The summed E-state index contributed by atoms with van der Waals surface area (Å²) in [5, 5.41) is 2.12. The Bertz CT molecular complexity index is 759. The second-order valence-electron chi connectivity index (χ2n) is 5.90. The van der Waals surface area contributed by atoms with E-state index in [1.807, 2.05) is 19.1 Å². The van der Waals surface area contributed by atoms with Crippen LogP contribution in [0.15, 0.2) is 29.6 Å². The maximum atomic E-state index is 6.09. The summed E-state index contributed by atoms with van der Waals surface area (Å²) in [6, 6.07) is 8.28. The average Bonchev–Trinajstić information content (AvgIpc) is 3.07. The molecule has 3 aromatic heterocycles. The van der Waals surface area contributed by atoms with Gasteiger partial charge in [-0.15, -0.1) is 22.9 Å². The molecule has 3 aromatic rings. The minimum atomic E-state index is 0.0219. The van der Waals surface area contributed by atoms with Crippen molar-refractivity contribution in [3.63, 3.8) is 0 Å². The predicted octanol–water partition coefficient (Wildman–Crippen LogP) is 4.52. The van der Waals surface area contributed by atoms with Crippen molar-refractivity contribution in [3.05, 3.63) is 46.0 Å². The molecule has 3 nitrogen and oxygen atoms in total. The molecule has 0 saturated carbocycles. The van der Waals surface area contributed by atoms with Gasteiger partial charge < -0.3 is 4.57 Å². The normalized spacial score (nSPS) is 12.2. The molecule has 0 aromatic carbocycles. The lowest BCUT2D eigenvalue weighted by Crippen LogP contribution is -2.24. The Morgan fingerprint density at radius 2 is 2.05 bits per heavy atom. The molecule has 0 bridgehead atoms. The van der Waals surface area contributed by atoms with Gasteiger partial charge in [-0.2, -0.15) is 0 Å². The number of pyridine rings is 1. The van der Waals surface area contributed by atoms with Gasteiger partial charge in [0.25, 0.3) is 0 Å². The van der Waals surface area contributed by atoms with Crippen LogP contribution >= 0.6 is 22.9 Å². The first-order valence-electron chi connectivity index (χ1n) is 6.94. The second kappa shape index (κ2) is 5.43. The van der Waals surface area contributed by atoms with E-state index in [4.69, 9.17) is 11.6 Å². The molecule has 0 radical (unpaired) electrons. The number of alkyl halides is 1. The van der Waals surface area contributed by atoms with Gasteiger partial charge in [-0.05, 0) is 30.5 Å². The topological polar surface area (TPSA) is 30.7 Å². The molecular formula is C16H18ClN3S. The number of rotatable bonds is 4. The molecular weight excluding hydrogens is 302 g/mol. The lowest BCUT2D eigenvalue weighted by molar-refractivity contribution is 0.441. The third kappa shape index (κ3) is 2.70. The first kappa shape index (κ1) is 14.5. The van der Waals surface area contributed by atoms with Crippen molar-refractivity contribution < 1.29 is 0 Å². The molecule has 0 unspecified atom stereocenters. The Morgan fingerprint density at radius 3 is 2.71 bits per heavy atom. The number of fused-ring (bicyclic) bond motifs is 1. The van der Waals surface area contributed by atoms with Crippen molar-refractivity contribution in [2.75, 3.05) is 0 Å². The Labute approximate surface area is 133 Å². The van der Waals surface area contributed by atoms with Crippen LogP contribution in [0.3, 0.4) is 0 Å². The molecule has 5 heteroatoms. The third-order valence-electron chi connectivity index (χ3n) is 3.67. The summed E-state index contributed by atoms with van der Waals surface area (Å²) in [7, 11) is 0. The van der Waals surface area contributed by atoms with Crippen molar-refractivity contribution >= 4 is 34.1 Å². The van der Waals surface area contributed by atoms with Crippen molar-refractivity contribution in [2.24, 2.45) is 0 Å². The van der Waals surface area contributed by atoms with Crippen LogP contribution < -0.4 is 0 Å². The molecule has 0 fully saturated rings. The number of hydrogen-bond donors (Lipinski definition) is 0. The summed E-state index contributed by atoms with van der Waals surface area (Å²) in [4.78, 5) is 10.6. The first-order valence-corrected chi connectivity index (χ1v) is 8.35. The van der Waals surface area contributed by atoms with E-state index < -0.39 is 0 Å². The number of halogens is 1. The number of nitrogens with zero attached hydrogens (tertiary/aromatic N) is 3. The molecule has 0 amide bonds. The maximum absolute atomic E-state index is 6.09. The molecule has 0 atom stereocenters. The number of aryl methyl sites for hydroxylation is 1. The van der Waals surface area contributed by atoms with E-state index >= 15 is 0 Å². The summed E-state index contributed by atoms with van der Waals surface area (Å²) in [5.41, 5.74) is 2.86. The zero-order chi connectivity index (χ0) is 15.0. The molecule has 0 aliphatic carbocycles. The smallest absolute Gasteiger partial charge is 0.160 e. The zero-order valence-electron chi connectivity index (χ0n) is 12.4. The largest absolute Gasteiger partial charge is 0.311 e. The van der Waals surface area contributed by atoms with Crippen LogP contribution in [0.5, 0.6) is 0 Å². The van der Waals surface area contributed by atoms with Gasteiger partial charge in [0.15, 0.2) is 5.65 Å². The Kier molecular flexibility index (Phi) is 3.76. The van der Waals surface area contributed by atoms with E-state index in [0.29, 0.717) is 5.88 Å². The minimum Gasteiger partial charge on any atom is -0.311 e. The quantitative estimate of drug-likeness (QED) is 0.662. The molecule has 0 spiro atoms. The van der Waals surface area contributed by atoms with Gasteiger partial charge in [-0.3, -0.25) is 0 Å². The summed E-state index contributed by atoms with van der Waals surface area (Å²) >= 11 is 7.88. The molecule has 0 aliphatic heterocycles. The van der Waals surface area contributed by atoms with E-state index in [1.54, 1.807) is 11.3 Å². The fourth-order valence-electron chi connectivity index (χ4n) is 2.55. The number of hydrogen-bond acceptors (Lipinski definition) is 3. The fourth-order valence-corrected chi connectivity index (χ4v) is 3.60. The zero-order valence-corrected chi connectivity index (χ0v) is 14.0. The first-order chi connectivity index (χ1) is 10.0. The van der Waals surface area contributed by atoms with E-state index in [-0.39, 0.29) is 5.41 Å². The van der Waals surface area contributed by atoms with E-state index in [1.165, 1.54) is 4.88 Å². The molecule has 0 aliphatic rings. The fraction of sp³-hybridized carbons (Fsp3) is 0.375. The molecule has 21 heavy (non-hydrogen) atoms. The predicted molar refractivity (Wildman–Crippen MR) is 89.2 cm³/mol. The highest BCUT2D eigenvalue weighted by Gasteiger charge is 2.25. The minimum absolute atomic E-state index is 0.0219. The molecule has 0 saturated heterocycles. The standard InChI is InChI=1S/C16H18ClN3S/c1-11-6-7-12-15(18-11)20(14(9-17)19-12)10-16(2,3)13-5-4-8-21-13/h4-8H,9-10H2,1-3H3. The van der Waals surface area contributed by atoms with Crippen LogP contribution in [0, 0.1) is 6.92 Å². The van der Waals surface area contributed by atoms with Crippen LogP contribution in [-0.4, -0.2) is 14.5 Å². The van der Waals surface area contributed by atoms with Gasteiger partial charge >= 0.3 is 0 Å². The molecule has 3 rings (SSSR count). The number of aromatic nitrogens is 3. The second-order valence-corrected chi connectivity index (χ2v) is 7.12. The van der Waals surface area contributed by atoms with Crippen LogP contribution in [0.2, 0.25) is 0 Å². The van der Waals surface area contributed by atoms with Crippen molar-refractivity contribution in [3.8, 4) is 0 Å². The lowest BCUT2D eigenvalue weighted by Gasteiger charge is -2.25. The Balaban J connectivity index is 2.09. The van der Waals surface area contributed by atoms with E-state index in [0.717, 1.165) is 29.2 Å². The average molecular weight is 320 g/mol. The summed E-state index contributed by atoms with van der Waals surface area (Å²) in [5.74, 6) is 1.28. The number of thiophene rings is 1. The molecule has 0 N–H and O–H groups in total. The monoisotopic (exact) mass is 319 g/mol. The van der Waals surface area contributed by atoms with Crippen LogP contribution in [0.1, 0.15) is 30.2 Å². The van der Waals surface area contributed by atoms with Gasteiger partial charge in [-0.1, -0.05) is 19.9 Å². The van der Waals surface area contributed by atoms with Gasteiger partial charge in [0.05, 0.1) is 5.88 Å². The van der Waals surface area contributed by atoms with E-state index in [2.05, 4.69) is 45.9 Å². The van der Waals surface area contributed by atoms with Gasteiger partial charge in [-0.25, -0.2) is 9.97 Å². The third-order valence-corrected chi connectivity index (χ3v) is 5.15. The van der Waals surface area contributed by atoms with Crippen LogP contribution in [0.25, 0.3) is 11.2 Å². The Morgan fingerprint density at radius 1 is 1.24 bits per heavy atom. The highest BCUT2D eigenvalue weighted by Crippen LogP contribution is 2.31. The summed E-state index contributed by atoms with van der Waals surface area (Å²) < 4.78 is 2.16. The highest BCUT2D eigenvalue weighted by molar-refractivity contribution is 7.10. The summed E-state index contributed by atoms with van der Waals surface area (Å²) in [6.07, 6.45) is 0. The summed E-state index contributed by atoms with van der Waals surface area (Å²) in [6.45, 7) is 7.32. The van der Waals surface area contributed by atoms with Crippen LogP contribution in [0.4, 0.5) is 0 Å². The van der Waals surface area contributed by atoms with Crippen molar-refractivity contribution in [1.82, 2.24) is 14.5 Å². The van der Waals surface area contributed by atoms with E-state index in [9.17, 15) is 0 Å².